The van der Waals surface area contributed by atoms with Gasteiger partial charge in [-0.15, -0.1) is 0 Å². The van der Waals surface area contributed by atoms with Crippen molar-refractivity contribution in [2.24, 2.45) is 17.8 Å². The Bertz CT molecular complexity index is 74.1. The Morgan fingerprint density at radius 1 is 1.50 bits per heavy atom. The van der Waals surface area contributed by atoms with Crippen LogP contribution in [0.3, 0.4) is 0 Å². The van der Waals surface area contributed by atoms with Gasteiger partial charge >= 0.3 is 0 Å². The molecule has 0 unspecified atom stereocenters. The zero-order chi connectivity index (χ0) is 6.15. The van der Waals surface area contributed by atoms with Crippen molar-refractivity contribution >= 4 is 0 Å². The van der Waals surface area contributed by atoms with E-state index in [1.807, 2.05) is 0 Å². The molecule has 0 spiro atoms. The lowest BCUT2D eigenvalue weighted by molar-refractivity contribution is 0.512. The topological polar surface area (TPSA) is 0 Å². The molecule has 0 heteroatoms. The highest BCUT2D eigenvalue weighted by atomic mass is 14.4. The van der Waals surface area contributed by atoms with Gasteiger partial charge in [-0.05, 0) is 24.2 Å². The molecule has 1 aliphatic rings. The van der Waals surface area contributed by atoms with E-state index in [-0.39, 0.29) is 0 Å². The third kappa shape index (κ3) is 1.04. The lowest BCUT2D eigenvalue weighted by Gasteiger charge is -1.98. The fraction of sp³-hybridized carbons (Fsp3) is 1.00. The van der Waals surface area contributed by atoms with Gasteiger partial charge in [0.1, 0.15) is 0 Å². The summed E-state index contributed by atoms with van der Waals surface area (Å²) in [6.45, 7) is 6.97. The predicted octanol–water partition coefficient (Wildman–Crippen LogP) is 2.69. The summed E-state index contributed by atoms with van der Waals surface area (Å²) >= 11 is 0. The number of hydrogen-bond donors (Lipinski definition) is 0. The minimum Gasteiger partial charge on any atom is -0.0651 e. The molecule has 1 fully saturated rings. The fourth-order valence-electron chi connectivity index (χ4n) is 1.56. The molecule has 48 valence electrons. The summed E-state index contributed by atoms with van der Waals surface area (Å²) in [6, 6.07) is 0. The van der Waals surface area contributed by atoms with Crippen LogP contribution in [0, 0.1) is 17.8 Å². The van der Waals surface area contributed by atoms with Crippen molar-refractivity contribution in [3.05, 3.63) is 0 Å². The summed E-state index contributed by atoms with van der Waals surface area (Å²) in [6.07, 6.45) is 2.91. The minimum absolute atomic E-state index is 0.944. The molecule has 1 rings (SSSR count). The van der Waals surface area contributed by atoms with Crippen LogP contribution in [-0.4, -0.2) is 0 Å². The molecule has 8 heavy (non-hydrogen) atoms. The van der Waals surface area contributed by atoms with Gasteiger partial charge in [0.05, 0.1) is 0 Å². The molecule has 0 nitrogen and oxygen atoms in total. The highest BCUT2D eigenvalue weighted by Crippen LogP contribution is 2.45. The molecule has 0 aromatic heterocycles. The average Bonchev–Trinajstić information content (AvgIpc) is 2.42. The van der Waals surface area contributed by atoms with Crippen molar-refractivity contribution in [1.82, 2.24) is 0 Å². The van der Waals surface area contributed by atoms with Crippen molar-refractivity contribution in [3.63, 3.8) is 0 Å². The molecule has 1 aliphatic carbocycles. The molecule has 0 aliphatic heterocycles. The van der Waals surface area contributed by atoms with E-state index in [0.717, 1.165) is 17.8 Å². The van der Waals surface area contributed by atoms with Crippen LogP contribution < -0.4 is 0 Å². The van der Waals surface area contributed by atoms with Crippen LogP contribution in [0.2, 0.25) is 0 Å². The van der Waals surface area contributed by atoms with Gasteiger partial charge in [0.25, 0.3) is 0 Å². The van der Waals surface area contributed by atoms with Gasteiger partial charge in [-0.2, -0.15) is 0 Å². The first kappa shape index (κ1) is 6.12. The van der Waals surface area contributed by atoms with E-state index in [2.05, 4.69) is 20.8 Å². The second-order valence-electron chi connectivity index (χ2n) is 3.31. The highest BCUT2D eigenvalue weighted by Gasteiger charge is 2.36. The maximum atomic E-state index is 2.33. The van der Waals surface area contributed by atoms with Crippen LogP contribution in [0.1, 0.15) is 33.6 Å². The van der Waals surface area contributed by atoms with Crippen LogP contribution in [0.15, 0.2) is 0 Å². The van der Waals surface area contributed by atoms with E-state index in [1.165, 1.54) is 12.8 Å². The highest BCUT2D eigenvalue weighted by molar-refractivity contribution is 4.86. The summed E-state index contributed by atoms with van der Waals surface area (Å²) in [5.41, 5.74) is 0. The Morgan fingerprint density at radius 2 is 2.12 bits per heavy atom. The Labute approximate surface area is 52.3 Å². The van der Waals surface area contributed by atoms with Gasteiger partial charge in [0.15, 0.2) is 0 Å². The molecule has 0 N–H and O–H groups in total. The van der Waals surface area contributed by atoms with Gasteiger partial charge in [-0.25, -0.2) is 0 Å². The van der Waals surface area contributed by atoms with Crippen LogP contribution in [0.5, 0.6) is 0 Å². The van der Waals surface area contributed by atoms with Crippen LogP contribution >= 0.6 is 0 Å². The van der Waals surface area contributed by atoms with Crippen LogP contribution in [-0.2, 0) is 0 Å². The van der Waals surface area contributed by atoms with Gasteiger partial charge in [-0.3, -0.25) is 0 Å². The lowest BCUT2D eigenvalue weighted by atomic mass is 10.1. The molecular formula is C8H16. The molecule has 0 radical (unpaired) electrons. The molecule has 0 saturated heterocycles. The Balaban J connectivity index is 2.16. The predicted molar refractivity (Wildman–Crippen MR) is 36.7 cm³/mol. The maximum absolute atomic E-state index is 2.33. The van der Waals surface area contributed by atoms with E-state index < -0.39 is 0 Å². The van der Waals surface area contributed by atoms with Crippen molar-refractivity contribution < 1.29 is 0 Å². The minimum atomic E-state index is 0.944. The molecule has 0 amide bonds. The summed E-state index contributed by atoms with van der Waals surface area (Å²) in [5, 5.41) is 0. The van der Waals surface area contributed by atoms with Gasteiger partial charge in [0.2, 0.25) is 0 Å². The van der Waals surface area contributed by atoms with Crippen molar-refractivity contribution in [2.75, 3.05) is 0 Å². The monoisotopic (exact) mass is 112 g/mol. The normalized spacial score (nSPS) is 36.0. The van der Waals surface area contributed by atoms with E-state index in [1.54, 1.807) is 0 Å². The first-order chi connectivity index (χ1) is 3.75. The van der Waals surface area contributed by atoms with Crippen molar-refractivity contribution in [3.8, 4) is 0 Å². The summed E-state index contributed by atoms with van der Waals surface area (Å²) < 4.78 is 0. The number of hydrogen-bond acceptors (Lipinski definition) is 0. The van der Waals surface area contributed by atoms with Crippen LogP contribution in [0.25, 0.3) is 0 Å². The van der Waals surface area contributed by atoms with E-state index in [0.29, 0.717) is 0 Å². The SMILES string of the molecule is CC[C@H]1C[C@H]1C(C)C. The Hall–Kier alpha value is 0. The van der Waals surface area contributed by atoms with Gasteiger partial charge in [-0.1, -0.05) is 27.2 Å². The van der Waals surface area contributed by atoms with Crippen molar-refractivity contribution in [1.29, 1.82) is 0 Å². The van der Waals surface area contributed by atoms with E-state index in [4.69, 9.17) is 0 Å². The average molecular weight is 112 g/mol. The molecule has 0 aromatic rings. The second kappa shape index (κ2) is 2.08. The van der Waals surface area contributed by atoms with E-state index in [9.17, 15) is 0 Å². The molecule has 0 aromatic carbocycles. The Kier molecular flexibility index (Phi) is 1.59. The smallest absolute Gasteiger partial charge is 0.0360 e. The van der Waals surface area contributed by atoms with Gasteiger partial charge < -0.3 is 0 Å². The summed E-state index contributed by atoms with van der Waals surface area (Å²) in [4.78, 5) is 0. The van der Waals surface area contributed by atoms with E-state index >= 15 is 0 Å². The Morgan fingerprint density at radius 3 is 2.25 bits per heavy atom. The van der Waals surface area contributed by atoms with Gasteiger partial charge in [0, 0.05) is 0 Å². The summed E-state index contributed by atoms with van der Waals surface area (Å²) in [7, 11) is 0. The standard InChI is InChI=1S/C8H16/c1-4-7-5-8(7)6(2)3/h6-8H,4-5H2,1-3H3/t7-,8-/m0/s1. The second-order valence-corrected chi connectivity index (χ2v) is 3.31. The fourth-order valence-corrected chi connectivity index (χ4v) is 1.56. The van der Waals surface area contributed by atoms with Crippen molar-refractivity contribution in [2.45, 2.75) is 33.6 Å². The quantitative estimate of drug-likeness (QED) is 0.515. The molecule has 0 bridgehead atoms. The zero-order valence-corrected chi connectivity index (χ0v) is 6.15. The third-order valence-electron chi connectivity index (χ3n) is 2.36. The largest absolute Gasteiger partial charge is 0.0651 e. The summed E-state index contributed by atoms with van der Waals surface area (Å²) in [5.74, 6) is 3.12. The lowest BCUT2D eigenvalue weighted by Crippen LogP contribution is -1.90. The molecule has 0 heterocycles. The molecular weight excluding hydrogens is 96.1 g/mol. The molecule has 1 saturated carbocycles. The third-order valence-corrected chi connectivity index (χ3v) is 2.36. The zero-order valence-electron chi connectivity index (χ0n) is 6.15. The van der Waals surface area contributed by atoms with Crippen LogP contribution in [0.4, 0.5) is 0 Å². The first-order valence-electron chi connectivity index (χ1n) is 3.75. The number of rotatable bonds is 2. The molecule has 2 atom stereocenters. The maximum Gasteiger partial charge on any atom is -0.0360 e. The first-order valence-corrected chi connectivity index (χ1v) is 3.75.